The molecule has 1 N–H and O–H groups in total. The molecule has 0 aromatic heterocycles. The highest BCUT2D eigenvalue weighted by Gasteiger charge is 2.03. The van der Waals surface area contributed by atoms with Crippen LogP contribution in [0, 0.1) is 13.8 Å². The first-order valence-corrected chi connectivity index (χ1v) is 7.03. The minimum atomic E-state index is 0.756. The Hall–Kier alpha value is -1.48. The molecule has 0 aliphatic rings. The van der Waals surface area contributed by atoms with E-state index in [0.29, 0.717) is 0 Å². The monoisotopic (exact) mass is 319 g/mol. The van der Waals surface area contributed by atoms with Gasteiger partial charge in [0.2, 0.25) is 0 Å². The highest BCUT2D eigenvalue weighted by molar-refractivity contribution is 9.10. The molecule has 0 aliphatic carbocycles. The Morgan fingerprint density at radius 3 is 2.58 bits per heavy atom. The van der Waals surface area contributed by atoms with E-state index >= 15 is 0 Å². The molecule has 0 heterocycles. The van der Waals surface area contributed by atoms with Crippen molar-refractivity contribution in [2.75, 3.05) is 12.4 Å². The van der Waals surface area contributed by atoms with Gasteiger partial charge in [-0.2, -0.15) is 0 Å². The van der Waals surface area contributed by atoms with Crippen LogP contribution in [0.4, 0.5) is 5.69 Å². The molecule has 0 aliphatic heterocycles. The van der Waals surface area contributed by atoms with Crippen LogP contribution in [-0.4, -0.2) is 7.11 Å². The highest BCUT2D eigenvalue weighted by Crippen LogP contribution is 2.23. The maximum atomic E-state index is 5.38. The number of methoxy groups -OCH3 is 1. The predicted molar refractivity (Wildman–Crippen MR) is 83.9 cm³/mol. The number of halogens is 1. The standard InChI is InChI=1S/C16H18BrNO/c1-11-4-7-16(19-3)13(8-11)10-18-14-5-6-15(17)12(2)9-14/h4-9,18H,10H2,1-3H3. The van der Waals surface area contributed by atoms with E-state index < -0.39 is 0 Å². The first-order valence-electron chi connectivity index (χ1n) is 6.23. The lowest BCUT2D eigenvalue weighted by Crippen LogP contribution is -2.02. The zero-order valence-electron chi connectivity index (χ0n) is 11.5. The first kappa shape index (κ1) is 13.9. The minimum Gasteiger partial charge on any atom is -0.496 e. The smallest absolute Gasteiger partial charge is 0.123 e. The fourth-order valence-electron chi connectivity index (χ4n) is 2.00. The summed E-state index contributed by atoms with van der Waals surface area (Å²) in [4.78, 5) is 0. The van der Waals surface area contributed by atoms with Crippen LogP contribution in [0.25, 0.3) is 0 Å². The summed E-state index contributed by atoms with van der Waals surface area (Å²) in [5.41, 5.74) is 4.75. The van der Waals surface area contributed by atoms with Gasteiger partial charge in [0.15, 0.2) is 0 Å². The largest absolute Gasteiger partial charge is 0.496 e. The van der Waals surface area contributed by atoms with Gasteiger partial charge in [-0.1, -0.05) is 33.6 Å². The molecule has 2 rings (SSSR count). The van der Waals surface area contributed by atoms with E-state index in [1.54, 1.807) is 7.11 Å². The zero-order valence-corrected chi connectivity index (χ0v) is 13.0. The molecular formula is C16H18BrNO. The van der Waals surface area contributed by atoms with Crippen molar-refractivity contribution >= 4 is 21.6 Å². The quantitative estimate of drug-likeness (QED) is 0.883. The van der Waals surface area contributed by atoms with Gasteiger partial charge in [-0.05, 0) is 43.7 Å². The van der Waals surface area contributed by atoms with Crippen molar-refractivity contribution in [3.63, 3.8) is 0 Å². The Bertz CT molecular complexity index is 581. The van der Waals surface area contributed by atoms with Crippen LogP contribution in [0.15, 0.2) is 40.9 Å². The van der Waals surface area contributed by atoms with Crippen LogP contribution < -0.4 is 10.1 Å². The van der Waals surface area contributed by atoms with E-state index in [4.69, 9.17) is 4.74 Å². The molecule has 0 amide bonds. The molecule has 100 valence electrons. The number of ether oxygens (including phenoxy) is 1. The molecule has 2 aromatic rings. The second-order valence-corrected chi connectivity index (χ2v) is 5.49. The molecule has 0 saturated carbocycles. The molecular weight excluding hydrogens is 302 g/mol. The van der Waals surface area contributed by atoms with E-state index in [-0.39, 0.29) is 0 Å². The Labute approximate surface area is 122 Å². The molecule has 0 radical (unpaired) electrons. The third kappa shape index (κ3) is 3.51. The lowest BCUT2D eigenvalue weighted by molar-refractivity contribution is 0.410. The molecule has 0 fully saturated rings. The maximum absolute atomic E-state index is 5.38. The van der Waals surface area contributed by atoms with Gasteiger partial charge in [-0.25, -0.2) is 0 Å². The summed E-state index contributed by atoms with van der Waals surface area (Å²) in [7, 11) is 1.71. The lowest BCUT2D eigenvalue weighted by Gasteiger charge is -2.12. The summed E-state index contributed by atoms with van der Waals surface area (Å²) < 4.78 is 6.51. The van der Waals surface area contributed by atoms with Crippen molar-refractivity contribution < 1.29 is 4.74 Å². The van der Waals surface area contributed by atoms with Crippen LogP contribution in [0.2, 0.25) is 0 Å². The minimum absolute atomic E-state index is 0.756. The summed E-state index contributed by atoms with van der Waals surface area (Å²) in [5, 5.41) is 3.43. The fourth-order valence-corrected chi connectivity index (χ4v) is 2.24. The highest BCUT2D eigenvalue weighted by atomic mass is 79.9. The number of nitrogens with one attached hydrogen (secondary N) is 1. The van der Waals surface area contributed by atoms with Crippen LogP contribution in [0.3, 0.4) is 0 Å². The molecule has 2 nitrogen and oxygen atoms in total. The Morgan fingerprint density at radius 2 is 1.89 bits per heavy atom. The van der Waals surface area contributed by atoms with E-state index in [1.807, 2.05) is 6.07 Å². The van der Waals surface area contributed by atoms with Gasteiger partial charge in [0.25, 0.3) is 0 Å². The molecule has 0 unspecified atom stereocenters. The SMILES string of the molecule is COc1ccc(C)cc1CNc1ccc(Br)c(C)c1. The van der Waals surface area contributed by atoms with Crippen molar-refractivity contribution in [2.45, 2.75) is 20.4 Å². The molecule has 0 spiro atoms. The number of anilines is 1. The fraction of sp³-hybridized carbons (Fsp3) is 0.250. The second kappa shape index (κ2) is 6.11. The number of benzene rings is 2. The van der Waals surface area contributed by atoms with Crippen molar-refractivity contribution in [1.29, 1.82) is 0 Å². The summed E-state index contributed by atoms with van der Waals surface area (Å²) in [6, 6.07) is 12.5. The predicted octanol–water partition coefficient (Wildman–Crippen LogP) is 4.69. The molecule has 0 saturated heterocycles. The van der Waals surface area contributed by atoms with E-state index in [1.165, 1.54) is 16.7 Å². The molecule has 2 aromatic carbocycles. The molecule has 0 bridgehead atoms. The molecule has 19 heavy (non-hydrogen) atoms. The second-order valence-electron chi connectivity index (χ2n) is 4.63. The van der Waals surface area contributed by atoms with E-state index in [2.05, 4.69) is 65.4 Å². The number of hydrogen-bond acceptors (Lipinski definition) is 2. The van der Waals surface area contributed by atoms with Gasteiger partial charge >= 0.3 is 0 Å². The van der Waals surface area contributed by atoms with Crippen LogP contribution >= 0.6 is 15.9 Å². The number of rotatable bonds is 4. The lowest BCUT2D eigenvalue weighted by atomic mass is 10.1. The summed E-state index contributed by atoms with van der Waals surface area (Å²) in [6.07, 6.45) is 0. The summed E-state index contributed by atoms with van der Waals surface area (Å²) in [5.74, 6) is 0.923. The van der Waals surface area contributed by atoms with Gasteiger partial charge in [-0.15, -0.1) is 0 Å². The molecule has 3 heteroatoms. The van der Waals surface area contributed by atoms with Crippen molar-refractivity contribution in [3.8, 4) is 5.75 Å². The average molecular weight is 320 g/mol. The van der Waals surface area contributed by atoms with E-state index in [9.17, 15) is 0 Å². The van der Waals surface area contributed by atoms with Crippen molar-refractivity contribution in [2.24, 2.45) is 0 Å². The normalized spacial score (nSPS) is 10.3. The van der Waals surface area contributed by atoms with Crippen LogP contribution in [-0.2, 0) is 6.54 Å². The first-order chi connectivity index (χ1) is 9.10. The maximum Gasteiger partial charge on any atom is 0.123 e. The summed E-state index contributed by atoms with van der Waals surface area (Å²) >= 11 is 3.51. The topological polar surface area (TPSA) is 21.3 Å². The van der Waals surface area contributed by atoms with Gasteiger partial charge in [0, 0.05) is 22.3 Å². The Kier molecular flexibility index (Phi) is 4.48. The van der Waals surface area contributed by atoms with Gasteiger partial charge in [0.1, 0.15) is 5.75 Å². The van der Waals surface area contributed by atoms with Gasteiger partial charge in [0.05, 0.1) is 7.11 Å². The van der Waals surface area contributed by atoms with Crippen molar-refractivity contribution in [3.05, 3.63) is 57.6 Å². The average Bonchev–Trinajstić information content (AvgIpc) is 2.40. The van der Waals surface area contributed by atoms with Gasteiger partial charge in [-0.3, -0.25) is 0 Å². The number of hydrogen-bond donors (Lipinski definition) is 1. The Morgan fingerprint density at radius 1 is 1.11 bits per heavy atom. The van der Waals surface area contributed by atoms with Crippen LogP contribution in [0.1, 0.15) is 16.7 Å². The van der Waals surface area contributed by atoms with E-state index in [0.717, 1.165) is 22.5 Å². The zero-order chi connectivity index (χ0) is 13.8. The third-order valence-electron chi connectivity index (χ3n) is 3.08. The van der Waals surface area contributed by atoms with Crippen molar-refractivity contribution in [1.82, 2.24) is 0 Å². The molecule has 0 atom stereocenters. The Balaban J connectivity index is 2.13. The summed E-state index contributed by atoms with van der Waals surface area (Å²) in [6.45, 7) is 4.93. The van der Waals surface area contributed by atoms with Crippen LogP contribution in [0.5, 0.6) is 5.75 Å². The van der Waals surface area contributed by atoms with Gasteiger partial charge < -0.3 is 10.1 Å². The number of aryl methyl sites for hydroxylation is 2. The third-order valence-corrected chi connectivity index (χ3v) is 3.97.